The van der Waals surface area contributed by atoms with Crippen LogP contribution in [0.25, 0.3) is 0 Å². The molecule has 2 N–H and O–H groups in total. The smallest absolute Gasteiger partial charge is 0.248 e. The quantitative estimate of drug-likeness (QED) is 0.859. The minimum Gasteiger partial charge on any atom is -0.366 e. The van der Waals surface area contributed by atoms with Crippen LogP contribution in [0, 0.1) is 5.82 Å². The number of primary amides is 1. The Hall–Kier alpha value is -1.81. The fourth-order valence-electron chi connectivity index (χ4n) is 1.51. The van der Waals surface area contributed by atoms with Crippen LogP contribution in [0.1, 0.15) is 15.9 Å². The summed E-state index contributed by atoms with van der Waals surface area (Å²) in [5.41, 5.74) is 6.74. The highest BCUT2D eigenvalue weighted by Gasteiger charge is 2.02. The first-order valence-corrected chi connectivity index (χ1v) is 6.41. The zero-order valence-corrected chi connectivity index (χ0v) is 10.4. The predicted octanol–water partition coefficient (Wildman–Crippen LogP) is 3.22. The number of halogens is 1. The molecule has 4 heteroatoms. The van der Waals surface area contributed by atoms with Gasteiger partial charge in [0.15, 0.2) is 0 Å². The number of thioether (sulfide) groups is 1. The molecule has 0 spiro atoms. The van der Waals surface area contributed by atoms with Crippen LogP contribution in [-0.2, 0) is 5.75 Å². The summed E-state index contributed by atoms with van der Waals surface area (Å²) < 4.78 is 12.7. The highest BCUT2D eigenvalue weighted by molar-refractivity contribution is 7.98. The number of carbonyl (C=O) groups is 1. The van der Waals surface area contributed by atoms with Gasteiger partial charge in [-0.1, -0.05) is 12.1 Å². The minimum atomic E-state index is -0.427. The van der Waals surface area contributed by atoms with Crippen LogP contribution < -0.4 is 5.73 Å². The Morgan fingerprint density at radius 1 is 1.17 bits per heavy atom. The van der Waals surface area contributed by atoms with Gasteiger partial charge in [-0.2, -0.15) is 0 Å². The first-order chi connectivity index (χ1) is 8.65. The lowest BCUT2D eigenvalue weighted by atomic mass is 10.1. The summed E-state index contributed by atoms with van der Waals surface area (Å²) in [7, 11) is 0. The number of nitrogens with two attached hydrogens (primary N) is 1. The largest absolute Gasteiger partial charge is 0.366 e. The first-order valence-electron chi connectivity index (χ1n) is 5.42. The molecule has 2 nitrogen and oxygen atoms in total. The monoisotopic (exact) mass is 261 g/mol. The molecule has 0 heterocycles. The van der Waals surface area contributed by atoms with Crippen molar-refractivity contribution in [3.05, 3.63) is 65.5 Å². The summed E-state index contributed by atoms with van der Waals surface area (Å²) in [6, 6.07) is 13.5. The standard InChI is InChI=1S/C14H12FNOS/c15-12-4-6-13(7-5-12)18-9-10-2-1-3-11(8-10)14(16)17/h1-8H,9H2,(H2,16,17). The molecule has 0 fully saturated rings. The van der Waals surface area contributed by atoms with Gasteiger partial charge in [-0.25, -0.2) is 4.39 Å². The zero-order chi connectivity index (χ0) is 13.0. The fraction of sp³-hybridized carbons (Fsp3) is 0.0714. The van der Waals surface area contributed by atoms with Crippen LogP contribution in [0.15, 0.2) is 53.4 Å². The van der Waals surface area contributed by atoms with Crippen molar-refractivity contribution in [2.75, 3.05) is 0 Å². The Morgan fingerprint density at radius 2 is 1.89 bits per heavy atom. The molecule has 2 aromatic carbocycles. The summed E-state index contributed by atoms with van der Waals surface area (Å²) in [4.78, 5) is 12.0. The summed E-state index contributed by atoms with van der Waals surface area (Å²) in [5.74, 6) is 0.0472. The van der Waals surface area contributed by atoms with Gasteiger partial charge in [0.2, 0.25) is 5.91 Å². The number of rotatable bonds is 4. The maximum Gasteiger partial charge on any atom is 0.248 e. The second kappa shape index (κ2) is 5.69. The molecule has 2 aromatic rings. The molecule has 0 saturated heterocycles. The maximum absolute atomic E-state index is 12.7. The van der Waals surface area contributed by atoms with E-state index in [1.807, 2.05) is 6.07 Å². The molecule has 0 aromatic heterocycles. The van der Waals surface area contributed by atoms with Gasteiger partial charge >= 0.3 is 0 Å². The summed E-state index contributed by atoms with van der Waals surface area (Å²) in [6.45, 7) is 0. The van der Waals surface area contributed by atoms with Crippen LogP contribution in [0.5, 0.6) is 0 Å². The van der Waals surface area contributed by atoms with E-state index in [1.54, 1.807) is 42.1 Å². The van der Waals surface area contributed by atoms with Crippen LogP contribution in [-0.4, -0.2) is 5.91 Å². The third kappa shape index (κ3) is 3.34. The van der Waals surface area contributed by atoms with Gasteiger partial charge in [-0.3, -0.25) is 4.79 Å². The molecule has 1 amide bonds. The Labute approximate surface area is 109 Å². The molecule has 92 valence electrons. The molecular formula is C14H12FNOS. The Bertz CT molecular complexity index is 554. The van der Waals surface area contributed by atoms with Crippen LogP contribution in [0.2, 0.25) is 0 Å². The van der Waals surface area contributed by atoms with Crippen LogP contribution >= 0.6 is 11.8 Å². The average Bonchev–Trinajstić information content (AvgIpc) is 2.38. The Balaban J connectivity index is 2.04. The minimum absolute atomic E-state index is 0.241. The molecule has 0 unspecified atom stereocenters. The predicted molar refractivity (Wildman–Crippen MR) is 70.9 cm³/mol. The van der Waals surface area contributed by atoms with Crippen molar-refractivity contribution in [3.8, 4) is 0 Å². The normalized spacial score (nSPS) is 10.3. The Kier molecular flexibility index (Phi) is 3.99. The lowest BCUT2D eigenvalue weighted by Crippen LogP contribution is -2.10. The Morgan fingerprint density at radius 3 is 2.56 bits per heavy atom. The topological polar surface area (TPSA) is 43.1 Å². The third-order valence-electron chi connectivity index (χ3n) is 2.43. The summed E-state index contributed by atoms with van der Waals surface area (Å²) in [6.07, 6.45) is 0. The van der Waals surface area contributed by atoms with Crippen molar-refractivity contribution >= 4 is 17.7 Å². The number of hydrogen-bond donors (Lipinski definition) is 1. The molecule has 0 atom stereocenters. The SMILES string of the molecule is NC(=O)c1cccc(CSc2ccc(F)cc2)c1. The maximum atomic E-state index is 12.7. The van der Waals surface area contributed by atoms with Gasteiger partial charge in [0.1, 0.15) is 5.82 Å². The first kappa shape index (κ1) is 12.6. The fourth-order valence-corrected chi connectivity index (χ4v) is 2.35. The molecule has 0 aliphatic carbocycles. The van der Waals surface area contributed by atoms with Crippen molar-refractivity contribution in [1.82, 2.24) is 0 Å². The molecule has 0 radical (unpaired) electrons. The molecule has 18 heavy (non-hydrogen) atoms. The van der Waals surface area contributed by atoms with Crippen molar-refractivity contribution < 1.29 is 9.18 Å². The molecule has 2 rings (SSSR count). The molecule has 0 bridgehead atoms. The molecule has 0 saturated carbocycles. The molecular weight excluding hydrogens is 249 g/mol. The van der Waals surface area contributed by atoms with Gasteiger partial charge in [0.25, 0.3) is 0 Å². The number of carbonyl (C=O) groups excluding carboxylic acids is 1. The van der Waals surface area contributed by atoms with Gasteiger partial charge < -0.3 is 5.73 Å². The lowest BCUT2D eigenvalue weighted by Gasteiger charge is -2.03. The van der Waals surface area contributed by atoms with E-state index in [-0.39, 0.29) is 5.82 Å². The van der Waals surface area contributed by atoms with Crippen molar-refractivity contribution in [1.29, 1.82) is 0 Å². The van der Waals surface area contributed by atoms with Gasteiger partial charge in [0, 0.05) is 16.2 Å². The second-order valence-electron chi connectivity index (χ2n) is 3.81. The lowest BCUT2D eigenvalue weighted by molar-refractivity contribution is 0.1000. The highest BCUT2D eigenvalue weighted by Crippen LogP contribution is 2.23. The third-order valence-corrected chi connectivity index (χ3v) is 3.51. The molecule has 0 aliphatic heterocycles. The van der Waals surface area contributed by atoms with E-state index in [0.29, 0.717) is 11.3 Å². The summed E-state index contributed by atoms with van der Waals surface area (Å²) >= 11 is 1.58. The van der Waals surface area contributed by atoms with Crippen molar-refractivity contribution in [2.45, 2.75) is 10.6 Å². The van der Waals surface area contributed by atoms with E-state index in [9.17, 15) is 9.18 Å². The van der Waals surface area contributed by atoms with Crippen molar-refractivity contribution in [3.63, 3.8) is 0 Å². The van der Waals surface area contributed by atoms with Crippen LogP contribution in [0.4, 0.5) is 4.39 Å². The van der Waals surface area contributed by atoms with Gasteiger partial charge in [-0.15, -0.1) is 11.8 Å². The van der Waals surface area contributed by atoms with E-state index in [4.69, 9.17) is 5.73 Å². The van der Waals surface area contributed by atoms with E-state index >= 15 is 0 Å². The van der Waals surface area contributed by atoms with E-state index in [2.05, 4.69) is 0 Å². The van der Waals surface area contributed by atoms with Crippen molar-refractivity contribution in [2.24, 2.45) is 5.73 Å². The zero-order valence-electron chi connectivity index (χ0n) is 9.60. The van der Waals surface area contributed by atoms with E-state index < -0.39 is 5.91 Å². The number of amides is 1. The van der Waals surface area contributed by atoms with Gasteiger partial charge in [-0.05, 0) is 42.0 Å². The second-order valence-corrected chi connectivity index (χ2v) is 4.86. The highest BCUT2D eigenvalue weighted by atomic mass is 32.2. The number of hydrogen-bond acceptors (Lipinski definition) is 2. The van der Waals surface area contributed by atoms with E-state index in [1.165, 1.54) is 12.1 Å². The van der Waals surface area contributed by atoms with Crippen LogP contribution in [0.3, 0.4) is 0 Å². The molecule has 0 aliphatic rings. The van der Waals surface area contributed by atoms with E-state index in [0.717, 1.165) is 10.5 Å². The number of benzene rings is 2. The van der Waals surface area contributed by atoms with Gasteiger partial charge in [0.05, 0.1) is 0 Å². The summed E-state index contributed by atoms with van der Waals surface area (Å²) in [5, 5.41) is 0. The average molecular weight is 261 g/mol.